The maximum atomic E-state index is 12.4. The van der Waals surface area contributed by atoms with Gasteiger partial charge >= 0.3 is 5.97 Å². The summed E-state index contributed by atoms with van der Waals surface area (Å²) in [5.74, 6) is 0.193. The van der Waals surface area contributed by atoms with Crippen LogP contribution in [0.2, 0.25) is 10.0 Å². The molecule has 1 atom stereocenters. The number of rotatable bonds is 6. The third-order valence-electron chi connectivity index (χ3n) is 5.79. The summed E-state index contributed by atoms with van der Waals surface area (Å²) in [6, 6.07) is 9.16. The number of carbonyl (C=O) groups is 1. The Morgan fingerprint density at radius 3 is 2.97 bits per heavy atom. The number of fused-ring (bicyclic) bond motifs is 1. The van der Waals surface area contributed by atoms with Gasteiger partial charge in [0.2, 0.25) is 0 Å². The maximum Gasteiger partial charge on any atom is 0.358 e. The number of nitrogens with one attached hydrogen (secondary N) is 1. The lowest BCUT2D eigenvalue weighted by molar-refractivity contribution is 0.0519. The molecule has 4 heterocycles. The molecule has 0 saturated carbocycles. The Hall–Kier alpha value is -3.39. The van der Waals surface area contributed by atoms with Crippen LogP contribution in [0.25, 0.3) is 16.8 Å². The summed E-state index contributed by atoms with van der Waals surface area (Å²) in [6.07, 6.45) is 5.19. The lowest BCUT2D eigenvalue weighted by Crippen LogP contribution is -2.42. The van der Waals surface area contributed by atoms with E-state index in [1.54, 1.807) is 42.0 Å². The van der Waals surface area contributed by atoms with Crippen LogP contribution < -0.4 is 10.2 Å². The second kappa shape index (κ2) is 10.3. The minimum absolute atomic E-state index is 0.105. The lowest BCUT2D eigenvalue weighted by atomic mass is 10.1. The zero-order valence-corrected chi connectivity index (χ0v) is 21.6. The van der Waals surface area contributed by atoms with Crippen LogP contribution in [0.3, 0.4) is 0 Å². The number of hydrogen-bond acceptors (Lipinski definition) is 9. The Labute approximate surface area is 221 Å². The Bertz CT molecular complexity index is 1480. The van der Waals surface area contributed by atoms with Gasteiger partial charge in [0.15, 0.2) is 16.6 Å². The normalized spacial score (nSPS) is 15.6. The van der Waals surface area contributed by atoms with E-state index in [0.717, 1.165) is 19.4 Å². The Morgan fingerprint density at radius 2 is 2.22 bits per heavy atom. The maximum absolute atomic E-state index is 12.4. The molecule has 1 aliphatic heterocycles. The van der Waals surface area contributed by atoms with Crippen molar-refractivity contribution in [1.29, 1.82) is 5.26 Å². The van der Waals surface area contributed by atoms with Crippen molar-refractivity contribution in [2.75, 3.05) is 29.9 Å². The Kier molecular flexibility index (Phi) is 6.96. The van der Waals surface area contributed by atoms with Crippen LogP contribution in [0, 0.1) is 11.3 Å². The predicted molar refractivity (Wildman–Crippen MR) is 140 cm³/mol. The fourth-order valence-corrected chi connectivity index (χ4v) is 5.39. The van der Waals surface area contributed by atoms with Gasteiger partial charge in [0, 0.05) is 35.8 Å². The molecule has 1 fully saturated rings. The first-order chi connectivity index (χ1) is 17.4. The van der Waals surface area contributed by atoms with Crippen LogP contribution in [0.1, 0.15) is 35.1 Å². The number of anilines is 2. The largest absolute Gasteiger partial charge is 0.461 e. The molecule has 1 saturated heterocycles. The molecule has 1 aliphatic rings. The molecule has 1 N–H and O–H groups in total. The molecule has 0 bridgehead atoms. The number of ether oxygens (including phenoxy) is 1. The number of carbonyl (C=O) groups excluding carboxylic acids is 1. The summed E-state index contributed by atoms with van der Waals surface area (Å²) in [4.78, 5) is 24.4. The second-order valence-corrected chi connectivity index (χ2v) is 10.1. The molecule has 0 radical (unpaired) electrons. The van der Waals surface area contributed by atoms with Crippen molar-refractivity contribution < 1.29 is 9.53 Å². The first-order valence-electron chi connectivity index (χ1n) is 11.4. The second-order valence-electron chi connectivity index (χ2n) is 8.22. The van der Waals surface area contributed by atoms with Gasteiger partial charge < -0.3 is 15.0 Å². The number of hydrogen-bond donors (Lipinski definition) is 1. The average Bonchev–Trinajstić information content (AvgIpc) is 3.50. The number of benzene rings is 1. The molecule has 4 aromatic rings. The molecule has 3 aromatic heterocycles. The van der Waals surface area contributed by atoms with E-state index in [-0.39, 0.29) is 18.3 Å². The van der Waals surface area contributed by atoms with Gasteiger partial charge in [-0.1, -0.05) is 34.5 Å². The average molecular weight is 542 g/mol. The number of thiazole rings is 1. The van der Waals surface area contributed by atoms with Gasteiger partial charge in [-0.05, 0) is 38.0 Å². The topological polar surface area (TPSA) is 108 Å². The van der Waals surface area contributed by atoms with E-state index in [1.165, 1.54) is 11.3 Å². The fraction of sp³-hybridized carbons (Fsp3) is 0.292. The fourth-order valence-electron chi connectivity index (χ4n) is 4.19. The summed E-state index contributed by atoms with van der Waals surface area (Å²) in [6.45, 7) is 3.44. The van der Waals surface area contributed by atoms with Crippen molar-refractivity contribution in [2.24, 2.45) is 0 Å². The molecule has 0 amide bonds. The van der Waals surface area contributed by atoms with Crippen molar-refractivity contribution in [3.8, 4) is 17.3 Å². The van der Waals surface area contributed by atoms with Crippen LogP contribution >= 0.6 is 34.5 Å². The first kappa shape index (κ1) is 24.3. The highest BCUT2D eigenvalue weighted by Crippen LogP contribution is 2.33. The molecule has 1 aromatic carbocycles. The SMILES string of the molecule is CCOC(=O)c1cc2c(N3CCCC(Nc4ncc(C#N)s4)C3)nc(-c3ccc(Cl)cc3Cl)cn2n1. The lowest BCUT2D eigenvalue weighted by Gasteiger charge is -2.34. The zero-order valence-electron chi connectivity index (χ0n) is 19.2. The van der Waals surface area contributed by atoms with Gasteiger partial charge in [0.05, 0.1) is 29.7 Å². The van der Waals surface area contributed by atoms with Gasteiger partial charge in [0.25, 0.3) is 0 Å². The molecule has 0 aliphatic carbocycles. The van der Waals surface area contributed by atoms with E-state index in [4.69, 9.17) is 38.2 Å². The van der Waals surface area contributed by atoms with Crippen LogP contribution in [0.4, 0.5) is 10.9 Å². The number of halogens is 2. The molecule has 0 spiro atoms. The zero-order chi connectivity index (χ0) is 25.2. The molecule has 9 nitrogen and oxygen atoms in total. The summed E-state index contributed by atoms with van der Waals surface area (Å²) in [5.41, 5.74) is 2.20. The van der Waals surface area contributed by atoms with Crippen molar-refractivity contribution in [1.82, 2.24) is 19.6 Å². The summed E-state index contributed by atoms with van der Waals surface area (Å²) in [7, 11) is 0. The summed E-state index contributed by atoms with van der Waals surface area (Å²) >= 11 is 13.9. The molecular formula is C24H21Cl2N7O2S. The van der Waals surface area contributed by atoms with Gasteiger partial charge in [-0.15, -0.1) is 0 Å². The van der Waals surface area contributed by atoms with E-state index in [0.29, 0.717) is 49.2 Å². The quantitative estimate of drug-likeness (QED) is 0.328. The van der Waals surface area contributed by atoms with Crippen LogP contribution in [-0.2, 0) is 4.74 Å². The molecular weight excluding hydrogens is 521 g/mol. The monoisotopic (exact) mass is 541 g/mol. The molecule has 5 rings (SSSR count). The molecule has 1 unspecified atom stereocenters. The minimum Gasteiger partial charge on any atom is -0.461 e. The smallest absolute Gasteiger partial charge is 0.358 e. The van der Waals surface area contributed by atoms with E-state index >= 15 is 0 Å². The number of nitriles is 1. The Balaban J connectivity index is 1.54. The van der Waals surface area contributed by atoms with E-state index in [2.05, 4.69) is 26.4 Å². The van der Waals surface area contributed by atoms with Crippen molar-refractivity contribution in [2.45, 2.75) is 25.8 Å². The van der Waals surface area contributed by atoms with Crippen molar-refractivity contribution in [3.63, 3.8) is 0 Å². The highest BCUT2D eigenvalue weighted by molar-refractivity contribution is 7.16. The molecule has 12 heteroatoms. The number of esters is 1. The van der Waals surface area contributed by atoms with E-state index < -0.39 is 5.97 Å². The summed E-state index contributed by atoms with van der Waals surface area (Å²) in [5, 5.41) is 18.7. The van der Waals surface area contributed by atoms with Crippen molar-refractivity contribution in [3.05, 3.63) is 57.3 Å². The standard InChI is InChI=1S/C24H21Cl2N7O2S/c1-2-35-23(34)19-9-21-22(30-20(13-33(21)31-19)17-6-5-14(25)8-18(17)26)32-7-3-4-15(12-32)29-24-28-11-16(10-27)36-24/h5-6,8-9,11,13,15H,2-4,7,12H2,1H3,(H,28,29). The summed E-state index contributed by atoms with van der Waals surface area (Å²) < 4.78 is 6.81. The van der Waals surface area contributed by atoms with Crippen LogP contribution in [0.15, 0.2) is 36.7 Å². The van der Waals surface area contributed by atoms with Gasteiger partial charge in [-0.2, -0.15) is 10.4 Å². The van der Waals surface area contributed by atoms with Gasteiger partial charge in [-0.25, -0.2) is 19.3 Å². The molecule has 36 heavy (non-hydrogen) atoms. The van der Waals surface area contributed by atoms with E-state index in [1.807, 2.05) is 6.07 Å². The number of nitrogens with zero attached hydrogens (tertiary/aromatic N) is 6. The minimum atomic E-state index is -0.492. The van der Waals surface area contributed by atoms with Crippen molar-refractivity contribution >= 4 is 57.0 Å². The van der Waals surface area contributed by atoms with Gasteiger partial charge in [0.1, 0.15) is 16.5 Å². The molecule has 184 valence electrons. The predicted octanol–water partition coefficient (Wildman–Crippen LogP) is 5.29. The first-order valence-corrected chi connectivity index (χ1v) is 12.9. The highest BCUT2D eigenvalue weighted by Gasteiger charge is 2.26. The van der Waals surface area contributed by atoms with Crippen LogP contribution in [0.5, 0.6) is 0 Å². The van der Waals surface area contributed by atoms with Gasteiger partial charge in [-0.3, -0.25) is 0 Å². The number of aromatic nitrogens is 4. The third kappa shape index (κ3) is 4.95. The Morgan fingerprint density at radius 1 is 1.36 bits per heavy atom. The third-order valence-corrected chi connectivity index (χ3v) is 7.17. The van der Waals surface area contributed by atoms with Crippen LogP contribution in [-0.4, -0.2) is 51.3 Å². The highest BCUT2D eigenvalue weighted by atomic mass is 35.5. The van der Waals surface area contributed by atoms with E-state index in [9.17, 15) is 4.79 Å². The number of piperidine rings is 1.